The summed E-state index contributed by atoms with van der Waals surface area (Å²) in [6.07, 6.45) is 1.78. The van der Waals surface area contributed by atoms with Gasteiger partial charge in [-0.3, -0.25) is 5.10 Å². The Morgan fingerprint density at radius 1 is 1.12 bits per heavy atom. The lowest BCUT2D eigenvalue weighted by Crippen LogP contribution is -2.07. The van der Waals surface area contributed by atoms with E-state index in [1.807, 2.05) is 20.2 Å². The third kappa shape index (κ3) is 2.28. The molecule has 1 aromatic carbocycles. The Hall–Kier alpha value is -1.68. The molecule has 3 nitrogen and oxygen atoms in total. The molecule has 0 saturated carbocycles. The molecule has 0 aliphatic rings. The van der Waals surface area contributed by atoms with Crippen molar-refractivity contribution in [3.05, 3.63) is 41.2 Å². The molecule has 0 aliphatic heterocycles. The summed E-state index contributed by atoms with van der Waals surface area (Å²) >= 11 is 5.04. The average molecular weight is 231 g/mol. The molecule has 82 valence electrons. The van der Waals surface area contributed by atoms with Crippen LogP contribution >= 0.6 is 12.2 Å². The van der Waals surface area contributed by atoms with Gasteiger partial charge in [-0.1, -0.05) is 24.4 Å². The van der Waals surface area contributed by atoms with Crippen LogP contribution in [0, 0.1) is 4.64 Å². The van der Waals surface area contributed by atoms with Crippen LogP contribution in [0.25, 0.3) is 11.1 Å². The predicted molar refractivity (Wildman–Crippen MR) is 69.2 cm³/mol. The molecular formula is C12H13N3S. The summed E-state index contributed by atoms with van der Waals surface area (Å²) in [7, 11) is 4.05. The fourth-order valence-corrected chi connectivity index (χ4v) is 1.67. The van der Waals surface area contributed by atoms with E-state index < -0.39 is 0 Å². The fourth-order valence-electron chi connectivity index (χ4n) is 1.49. The summed E-state index contributed by atoms with van der Waals surface area (Å²) in [4.78, 5) is 2.07. The van der Waals surface area contributed by atoms with Crippen molar-refractivity contribution >= 4 is 17.9 Å². The van der Waals surface area contributed by atoms with Crippen LogP contribution in [0.3, 0.4) is 0 Å². The molecule has 0 unspecified atom stereocenters. The van der Waals surface area contributed by atoms with Crippen LogP contribution in [0.1, 0.15) is 0 Å². The summed E-state index contributed by atoms with van der Waals surface area (Å²) in [5.74, 6) is 0. The summed E-state index contributed by atoms with van der Waals surface area (Å²) in [6.45, 7) is 0. The monoisotopic (exact) mass is 231 g/mol. The van der Waals surface area contributed by atoms with E-state index in [4.69, 9.17) is 12.2 Å². The molecule has 2 aromatic rings. The normalized spacial score (nSPS) is 10.1. The van der Waals surface area contributed by atoms with Crippen molar-refractivity contribution in [3.63, 3.8) is 0 Å². The van der Waals surface area contributed by atoms with Crippen LogP contribution in [-0.2, 0) is 0 Å². The minimum absolute atomic E-state index is 0.647. The third-order valence-electron chi connectivity index (χ3n) is 2.38. The lowest BCUT2D eigenvalue weighted by Gasteiger charge is -2.12. The van der Waals surface area contributed by atoms with Gasteiger partial charge < -0.3 is 4.90 Å². The minimum atomic E-state index is 0.647. The number of rotatable bonds is 2. The van der Waals surface area contributed by atoms with E-state index in [1.54, 1.807) is 6.20 Å². The quantitative estimate of drug-likeness (QED) is 0.806. The standard InChI is InChI=1S/C12H13N3S/c1-15(2)11-5-3-9(4-6-11)10-7-12(16)14-13-8-10/h3-8H,1-2H3,(H,14,16). The Balaban J connectivity index is 2.38. The van der Waals surface area contributed by atoms with Gasteiger partial charge in [-0.25, -0.2) is 0 Å². The zero-order chi connectivity index (χ0) is 11.5. The first-order valence-electron chi connectivity index (χ1n) is 4.99. The van der Waals surface area contributed by atoms with Gasteiger partial charge in [0.25, 0.3) is 0 Å². The van der Waals surface area contributed by atoms with E-state index in [2.05, 4.69) is 39.4 Å². The van der Waals surface area contributed by atoms with Gasteiger partial charge in [0.1, 0.15) is 4.64 Å². The maximum atomic E-state index is 5.04. The first-order chi connectivity index (χ1) is 7.66. The molecule has 0 bridgehead atoms. The highest BCUT2D eigenvalue weighted by Crippen LogP contribution is 2.21. The van der Waals surface area contributed by atoms with Crippen LogP contribution in [0.5, 0.6) is 0 Å². The molecule has 0 saturated heterocycles. The largest absolute Gasteiger partial charge is 0.378 e. The van der Waals surface area contributed by atoms with Crippen molar-refractivity contribution < 1.29 is 0 Å². The Morgan fingerprint density at radius 3 is 2.38 bits per heavy atom. The summed E-state index contributed by atoms with van der Waals surface area (Å²) in [6, 6.07) is 10.2. The molecule has 2 rings (SSSR count). The maximum Gasteiger partial charge on any atom is 0.120 e. The van der Waals surface area contributed by atoms with Crippen LogP contribution < -0.4 is 4.90 Å². The van der Waals surface area contributed by atoms with Crippen LogP contribution in [0.4, 0.5) is 5.69 Å². The number of hydrogen-bond acceptors (Lipinski definition) is 3. The molecule has 0 aliphatic carbocycles. The lowest BCUT2D eigenvalue weighted by atomic mass is 10.1. The van der Waals surface area contributed by atoms with Crippen molar-refractivity contribution in [2.24, 2.45) is 0 Å². The number of benzene rings is 1. The van der Waals surface area contributed by atoms with Gasteiger partial charge in [0.05, 0.1) is 6.20 Å². The highest BCUT2D eigenvalue weighted by molar-refractivity contribution is 7.71. The Kier molecular flexibility index (Phi) is 3.01. The second-order valence-electron chi connectivity index (χ2n) is 3.78. The molecule has 1 heterocycles. The molecule has 0 atom stereocenters. The summed E-state index contributed by atoms with van der Waals surface area (Å²) in [5.41, 5.74) is 3.34. The number of H-pyrrole nitrogens is 1. The molecule has 0 amide bonds. The van der Waals surface area contributed by atoms with Gasteiger partial charge in [0.2, 0.25) is 0 Å². The van der Waals surface area contributed by atoms with E-state index in [0.29, 0.717) is 4.64 Å². The smallest absolute Gasteiger partial charge is 0.120 e. The third-order valence-corrected chi connectivity index (χ3v) is 2.59. The van der Waals surface area contributed by atoms with Crippen molar-refractivity contribution in [2.75, 3.05) is 19.0 Å². The second kappa shape index (κ2) is 4.45. The molecular weight excluding hydrogens is 218 g/mol. The predicted octanol–water partition coefficient (Wildman–Crippen LogP) is 2.87. The van der Waals surface area contributed by atoms with E-state index in [1.165, 1.54) is 5.69 Å². The fraction of sp³-hybridized carbons (Fsp3) is 0.167. The molecule has 0 fully saturated rings. The zero-order valence-corrected chi connectivity index (χ0v) is 10.1. The summed E-state index contributed by atoms with van der Waals surface area (Å²) < 4.78 is 0.647. The summed E-state index contributed by atoms with van der Waals surface area (Å²) in [5, 5.41) is 6.71. The Bertz CT molecular complexity index is 528. The van der Waals surface area contributed by atoms with E-state index in [9.17, 15) is 0 Å². The number of aromatic nitrogens is 2. The molecule has 4 heteroatoms. The zero-order valence-electron chi connectivity index (χ0n) is 9.27. The number of hydrogen-bond donors (Lipinski definition) is 1. The lowest BCUT2D eigenvalue weighted by molar-refractivity contribution is 1.02. The second-order valence-corrected chi connectivity index (χ2v) is 4.22. The Labute approximate surface area is 99.7 Å². The van der Waals surface area contributed by atoms with Gasteiger partial charge in [-0.2, -0.15) is 5.10 Å². The number of nitrogens with zero attached hydrogens (tertiary/aromatic N) is 2. The highest BCUT2D eigenvalue weighted by Gasteiger charge is 1.99. The number of aromatic amines is 1. The Morgan fingerprint density at radius 2 is 1.81 bits per heavy atom. The molecule has 0 spiro atoms. The maximum absolute atomic E-state index is 5.04. The van der Waals surface area contributed by atoms with E-state index >= 15 is 0 Å². The molecule has 0 radical (unpaired) electrons. The van der Waals surface area contributed by atoms with Crippen LogP contribution in [0.15, 0.2) is 36.5 Å². The first-order valence-corrected chi connectivity index (χ1v) is 5.40. The van der Waals surface area contributed by atoms with Crippen molar-refractivity contribution in [1.29, 1.82) is 0 Å². The highest BCUT2D eigenvalue weighted by atomic mass is 32.1. The molecule has 16 heavy (non-hydrogen) atoms. The van der Waals surface area contributed by atoms with Gasteiger partial charge in [0, 0.05) is 25.3 Å². The topological polar surface area (TPSA) is 31.9 Å². The van der Waals surface area contributed by atoms with Gasteiger partial charge in [-0.05, 0) is 23.8 Å². The van der Waals surface area contributed by atoms with Crippen LogP contribution in [0.2, 0.25) is 0 Å². The molecule has 1 aromatic heterocycles. The SMILES string of the molecule is CN(C)c1ccc(-c2cn[nH]c(=S)c2)cc1. The van der Waals surface area contributed by atoms with E-state index in [-0.39, 0.29) is 0 Å². The van der Waals surface area contributed by atoms with Crippen molar-refractivity contribution in [2.45, 2.75) is 0 Å². The minimum Gasteiger partial charge on any atom is -0.378 e. The van der Waals surface area contributed by atoms with Crippen molar-refractivity contribution in [1.82, 2.24) is 10.2 Å². The molecule has 1 N–H and O–H groups in total. The number of anilines is 1. The van der Waals surface area contributed by atoms with Gasteiger partial charge >= 0.3 is 0 Å². The van der Waals surface area contributed by atoms with Gasteiger partial charge in [-0.15, -0.1) is 0 Å². The van der Waals surface area contributed by atoms with Crippen molar-refractivity contribution in [3.8, 4) is 11.1 Å². The number of nitrogens with one attached hydrogen (secondary N) is 1. The van der Waals surface area contributed by atoms with Gasteiger partial charge in [0.15, 0.2) is 0 Å². The van der Waals surface area contributed by atoms with Crippen LogP contribution in [-0.4, -0.2) is 24.3 Å². The first kappa shape index (κ1) is 10.8. The van der Waals surface area contributed by atoms with E-state index in [0.717, 1.165) is 11.1 Å². The average Bonchev–Trinajstić information content (AvgIpc) is 2.29.